The van der Waals surface area contributed by atoms with E-state index in [9.17, 15) is 14.7 Å². The summed E-state index contributed by atoms with van der Waals surface area (Å²) >= 11 is 7.80. The van der Waals surface area contributed by atoms with Gasteiger partial charge in [0.2, 0.25) is 5.91 Å². The first-order valence-electron chi connectivity index (χ1n) is 10.9. The molecule has 4 rings (SSSR count). The van der Waals surface area contributed by atoms with Crippen LogP contribution in [0, 0.1) is 0 Å². The highest BCUT2D eigenvalue weighted by atomic mass is 35.5. The number of ether oxygens (including phenoxy) is 1. The SMILES string of the molecule is CCSc1nc([O-])c2[n+](n1)C(c1ccc(OC(=O)CC)c(Cl)c1)N(C(=O)CC)c1ccccc1-2. The molecule has 0 saturated heterocycles. The van der Waals surface area contributed by atoms with Crippen LogP contribution < -0.4 is 19.4 Å². The third-order valence-electron chi connectivity index (χ3n) is 5.33. The molecule has 0 aliphatic carbocycles. The lowest BCUT2D eigenvalue weighted by Crippen LogP contribution is -2.59. The second-order valence-corrected chi connectivity index (χ2v) is 9.09. The van der Waals surface area contributed by atoms with Crippen molar-refractivity contribution >= 4 is 40.9 Å². The Bertz CT molecular complexity index is 1270. The van der Waals surface area contributed by atoms with E-state index in [1.807, 2.05) is 13.0 Å². The summed E-state index contributed by atoms with van der Waals surface area (Å²) in [4.78, 5) is 30.8. The summed E-state index contributed by atoms with van der Waals surface area (Å²) in [5, 5.41) is 18.3. The average Bonchev–Trinajstić information content (AvgIpc) is 2.83. The minimum Gasteiger partial charge on any atom is -0.854 e. The first-order valence-corrected chi connectivity index (χ1v) is 12.3. The van der Waals surface area contributed by atoms with E-state index < -0.39 is 18.0 Å². The minimum atomic E-state index is -0.780. The van der Waals surface area contributed by atoms with Crippen LogP contribution in [0.4, 0.5) is 5.69 Å². The van der Waals surface area contributed by atoms with Crippen molar-refractivity contribution in [1.82, 2.24) is 10.1 Å². The number of rotatable bonds is 6. The number of fused-ring (bicyclic) bond motifs is 3. The molecule has 10 heteroatoms. The van der Waals surface area contributed by atoms with Crippen molar-refractivity contribution < 1.29 is 24.1 Å². The molecule has 1 aliphatic rings. The van der Waals surface area contributed by atoms with Crippen molar-refractivity contribution in [3.8, 4) is 22.9 Å². The fraction of sp³-hybridized carbons (Fsp3) is 0.292. The van der Waals surface area contributed by atoms with Crippen molar-refractivity contribution in [2.75, 3.05) is 10.7 Å². The van der Waals surface area contributed by atoms with E-state index in [4.69, 9.17) is 16.3 Å². The average molecular weight is 499 g/mol. The number of hydrogen-bond donors (Lipinski definition) is 0. The zero-order valence-corrected chi connectivity index (χ0v) is 20.5. The normalized spacial score (nSPS) is 14.4. The molecule has 2 aromatic carbocycles. The quantitative estimate of drug-likeness (QED) is 0.220. The standard InChI is InChI=1S/C24H23ClN4O4S/c1-4-19(30)28-17-10-8-7-9-15(17)21-22(32)26-24(34-6-3)27-29(21)23(28)14-11-12-18(16(25)13-14)33-20(31)5-2/h7-13,23H,4-6H2,1-3H3. The van der Waals surface area contributed by atoms with Gasteiger partial charge in [-0.1, -0.05) is 60.9 Å². The topological polar surface area (TPSA) is 99.3 Å². The molecular weight excluding hydrogens is 476 g/mol. The Morgan fingerprint density at radius 2 is 1.94 bits per heavy atom. The monoisotopic (exact) mass is 498 g/mol. The second-order valence-electron chi connectivity index (χ2n) is 7.45. The van der Waals surface area contributed by atoms with Gasteiger partial charge >= 0.3 is 5.97 Å². The molecule has 3 aromatic rings. The molecule has 1 aliphatic heterocycles. The highest BCUT2D eigenvalue weighted by molar-refractivity contribution is 7.99. The van der Waals surface area contributed by atoms with Crippen LogP contribution in [0.25, 0.3) is 11.3 Å². The van der Waals surface area contributed by atoms with E-state index in [0.29, 0.717) is 33.4 Å². The Labute approximate surface area is 206 Å². The fourth-order valence-electron chi connectivity index (χ4n) is 3.82. The molecule has 0 fully saturated rings. The molecule has 34 heavy (non-hydrogen) atoms. The smallest absolute Gasteiger partial charge is 0.310 e. The van der Waals surface area contributed by atoms with Gasteiger partial charge in [0, 0.05) is 23.5 Å². The van der Waals surface area contributed by atoms with Crippen LogP contribution in [0.2, 0.25) is 5.02 Å². The van der Waals surface area contributed by atoms with Gasteiger partial charge in [-0.15, -0.1) is 0 Å². The predicted molar refractivity (Wildman–Crippen MR) is 127 cm³/mol. The summed E-state index contributed by atoms with van der Waals surface area (Å²) in [6.45, 7) is 5.41. The lowest BCUT2D eigenvalue weighted by molar-refractivity contribution is -0.764. The number of halogens is 1. The molecule has 0 radical (unpaired) electrons. The van der Waals surface area contributed by atoms with Gasteiger partial charge in [-0.25, -0.2) is 9.88 Å². The maximum Gasteiger partial charge on any atom is 0.310 e. The minimum absolute atomic E-state index is 0.149. The van der Waals surface area contributed by atoms with Crippen molar-refractivity contribution in [2.24, 2.45) is 0 Å². The number of esters is 1. The number of nitrogens with zero attached hydrogens (tertiary/aromatic N) is 4. The van der Waals surface area contributed by atoms with Crippen molar-refractivity contribution in [3.05, 3.63) is 53.1 Å². The highest BCUT2D eigenvalue weighted by Crippen LogP contribution is 2.42. The summed E-state index contributed by atoms with van der Waals surface area (Å²) < 4.78 is 6.84. The van der Waals surface area contributed by atoms with Gasteiger partial charge < -0.3 is 9.84 Å². The van der Waals surface area contributed by atoms with Gasteiger partial charge in [-0.05, 0) is 36.1 Å². The first kappa shape index (κ1) is 24.0. The lowest BCUT2D eigenvalue weighted by atomic mass is 10.0. The van der Waals surface area contributed by atoms with Crippen molar-refractivity contribution in [3.63, 3.8) is 0 Å². The number of thioether (sulfide) groups is 1. The number of para-hydroxylation sites is 1. The van der Waals surface area contributed by atoms with Crippen LogP contribution in [-0.2, 0) is 9.59 Å². The predicted octanol–water partition coefficient (Wildman–Crippen LogP) is 3.89. The van der Waals surface area contributed by atoms with Crippen LogP contribution in [-0.4, -0.2) is 27.7 Å². The maximum atomic E-state index is 13.2. The van der Waals surface area contributed by atoms with Gasteiger partial charge in [0.05, 0.1) is 22.2 Å². The molecule has 0 saturated carbocycles. The number of carbonyl (C=O) groups excluding carboxylic acids is 2. The Balaban J connectivity index is 1.96. The van der Waals surface area contributed by atoms with E-state index in [-0.39, 0.29) is 29.5 Å². The Hall–Kier alpha value is -3.17. The number of carbonyl (C=O) groups is 2. The largest absolute Gasteiger partial charge is 0.854 e. The number of hydrogen-bond acceptors (Lipinski definition) is 7. The van der Waals surface area contributed by atoms with Crippen LogP contribution in [0.3, 0.4) is 0 Å². The van der Waals surface area contributed by atoms with Gasteiger partial charge in [-0.2, -0.15) is 0 Å². The molecule has 0 spiro atoms. The van der Waals surface area contributed by atoms with Crippen LogP contribution >= 0.6 is 23.4 Å². The number of aromatic nitrogens is 3. The third kappa shape index (κ3) is 4.33. The molecule has 2 heterocycles. The maximum absolute atomic E-state index is 13.2. The van der Waals surface area contributed by atoms with E-state index in [2.05, 4.69) is 10.1 Å². The summed E-state index contributed by atoms with van der Waals surface area (Å²) in [5.41, 5.74) is 2.07. The molecule has 8 nitrogen and oxygen atoms in total. The number of anilines is 1. The molecule has 1 amide bonds. The molecule has 176 valence electrons. The highest BCUT2D eigenvalue weighted by Gasteiger charge is 2.44. The van der Waals surface area contributed by atoms with E-state index in [0.717, 1.165) is 0 Å². The summed E-state index contributed by atoms with van der Waals surface area (Å²) in [7, 11) is 0. The van der Waals surface area contributed by atoms with Crippen LogP contribution in [0.1, 0.15) is 45.3 Å². The van der Waals surface area contributed by atoms with Gasteiger partial charge in [-0.3, -0.25) is 9.59 Å². The van der Waals surface area contributed by atoms with Crippen molar-refractivity contribution in [1.29, 1.82) is 0 Å². The van der Waals surface area contributed by atoms with Gasteiger partial charge in [0.25, 0.3) is 17.0 Å². The Morgan fingerprint density at radius 3 is 2.62 bits per heavy atom. The number of benzene rings is 2. The molecule has 1 aromatic heterocycles. The van der Waals surface area contributed by atoms with Gasteiger partial charge in [0.1, 0.15) is 5.75 Å². The number of amides is 1. The zero-order valence-electron chi connectivity index (χ0n) is 18.9. The van der Waals surface area contributed by atoms with E-state index in [1.54, 1.807) is 59.8 Å². The molecule has 0 N–H and O–H groups in total. The molecule has 1 unspecified atom stereocenters. The van der Waals surface area contributed by atoms with Crippen LogP contribution in [0.5, 0.6) is 11.6 Å². The molecule has 1 atom stereocenters. The van der Waals surface area contributed by atoms with Crippen LogP contribution in [0.15, 0.2) is 47.6 Å². The first-order chi connectivity index (χ1) is 16.4. The Morgan fingerprint density at radius 1 is 1.18 bits per heavy atom. The van der Waals surface area contributed by atoms with Gasteiger partial charge in [0.15, 0.2) is 0 Å². The summed E-state index contributed by atoms with van der Waals surface area (Å²) in [6, 6.07) is 12.1. The second kappa shape index (κ2) is 9.99. The lowest BCUT2D eigenvalue weighted by Gasteiger charge is -2.33. The van der Waals surface area contributed by atoms with E-state index >= 15 is 0 Å². The van der Waals surface area contributed by atoms with E-state index in [1.165, 1.54) is 11.8 Å². The van der Waals surface area contributed by atoms with Crippen molar-refractivity contribution in [2.45, 2.75) is 44.9 Å². The third-order valence-corrected chi connectivity index (χ3v) is 6.34. The summed E-state index contributed by atoms with van der Waals surface area (Å²) in [5.74, 6) is -0.0770. The molecule has 0 bridgehead atoms. The summed E-state index contributed by atoms with van der Waals surface area (Å²) in [6.07, 6.45) is -0.328. The molecular formula is C24H23ClN4O4S. The Kier molecular flexibility index (Phi) is 7.04. The zero-order chi connectivity index (χ0) is 24.4. The fourth-order valence-corrected chi connectivity index (χ4v) is 4.60.